The zero-order chi connectivity index (χ0) is 16.4. The number of benzene rings is 2. The number of carbonyl (C=O) groups excluding carboxylic acids is 2. The van der Waals surface area contributed by atoms with Crippen molar-refractivity contribution in [3.63, 3.8) is 0 Å². The van der Waals surface area contributed by atoms with Gasteiger partial charge in [-0.15, -0.1) is 0 Å². The van der Waals surface area contributed by atoms with Gasteiger partial charge in [0.2, 0.25) is 0 Å². The largest absolute Gasteiger partial charge is 0.550 e. The summed E-state index contributed by atoms with van der Waals surface area (Å²) in [5.74, 6) is -1.27. The molecule has 1 atom stereocenters. The van der Waals surface area contributed by atoms with Crippen LogP contribution in [-0.4, -0.2) is 16.8 Å². The molecule has 0 bridgehead atoms. The van der Waals surface area contributed by atoms with Gasteiger partial charge in [-0.25, -0.2) is 0 Å². The van der Waals surface area contributed by atoms with E-state index in [9.17, 15) is 14.7 Å². The number of nitrogens with zero attached hydrogens (tertiary/aromatic N) is 1. The fourth-order valence-electron chi connectivity index (χ4n) is 3.07. The lowest BCUT2D eigenvalue weighted by Crippen LogP contribution is -2.34. The maximum Gasteiger partial charge on any atom is 0.255 e. The fourth-order valence-corrected chi connectivity index (χ4v) is 3.07. The topological polar surface area (TPSA) is 60.4 Å². The Balaban J connectivity index is 1.94. The van der Waals surface area contributed by atoms with Crippen molar-refractivity contribution in [3.8, 4) is 0 Å². The Morgan fingerprint density at radius 3 is 2.48 bits per heavy atom. The van der Waals surface area contributed by atoms with Gasteiger partial charge in [0.1, 0.15) is 0 Å². The molecule has 0 N–H and O–H groups in total. The molecule has 0 spiro atoms. The van der Waals surface area contributed by atoms with Gasteiger partial charge in [0, 0.05) is 24.5 Å². The molecule has 0 aromatic heterocycles. The van der Waals surface area contributed by atoms with E-state index < -0.39 is 12.0 Å². The van der Waals surface area contributed by atoms with Crippen LogP contribution < -0.4 is 5.11 Å². The molecular formula is C19H18NO3-. The van der Waals surface area contributed by atoms with Gasteiger partial charge in [-0.2, -0.15) is 0 Å². The Labute approximate surface area is 135 Å². The van der Waals surface area contributed by atoms with Gasteiger partial charge in [0.05, 0.1) is 6.04 Å². The molecule has 0 unspecified atom stereocenters. The van der Waals surface area contributed by atoms with Gasteiger partial charge in [-0.05, 0) is 29.2 Å². The van der Waals surface area contributed by atoms with Crippen LogP contribution in [-0.2, 0) is 17.8 Å². The van der Waals surface area contributed by atoms with Crippen LogP contribution in [0, 0.1) is 0 Å². The maximum atomic E-state index is 12.6. The van der Waals surface area contributed by atoms with Gasteiger partial charge < -0.3 is 14.8 Å². The van der Waals surface area contributed by atoms with E-state index in [4.69, 9.17) is 0 Å². The highest BCUT2D eigenvalue weighted by atomic mass is 16.4. The molecular weight excluding hydrogens is 290 g/mol. The molecule has 0 radical (unpaired) electrons. The number of carboxylic acid groups (broad SMARTS) is 1. The van der Waals surface area contributed by atoms with Crippen molar-refractivity contribution in [2.24, 2.45) is 0 Å². The van der Waals surface area contributed by atoms with Crippen molar-refractivity contribution in [2.45, 2.75) is 32.4 Å². The average Bonchev–Trinajstić information content (AvgIpc) is 2.90. The lowest BCUT2D eigenvalue weighted by atomic mass is 10.00. The minimum atomic E-state index is -1.15. The van der Waals surface area contributed by atoms with Gasteiger partial charge in [-0.1, -0.05) is 49.4 Å². The van der Waals surface area contributed by atoms with Gasteiger partial charge >= 0.3 is 0 Å². The molecule has 0 saturated heterocycles. The predicted molar refractivity (Wildman–Crippen MR) is 84.5 cm³/mol. The zero-order valence-corrected chi connectivity index (χ0v) is 13.0. The minimum absolute atomic E-state index is 0.119. The molecule has 3 rings (SSSR count). The summed E-state index contributed by atoms with van der Waals surface area (Å²) in [5.41, 5.74) is 3.59. The zero-order valence-electron chi connectivity index (χ0n) is 13.0. The number of aliphatic carboxylic acids is 1. The van der Waals surface area contributed by atoms with Crippen molar-refractivity contribution in [1.29, 1.82) is 0 Å². The van der Waals surface area contributed by atoms with Crippen LogP contribution in [0.2, 0.25) is 0 Å². The molecule has 118 valence electrons. The number of fused-ring (bicyclic) bond motifs is 1. The molecule has 2 aromatic carbocycles. The SMILES string of the molecule is CCc1ccc([C@H](CC(=O)[O-])N2Cc3ccccc3C2=O)cc1. The normalized spacial score (nSPS) is 14.7. The van der Waals surface area contributed by atoms with E-state index in [0.29, 0.717) is 12.1 Å². The molecule has 4 nitrogen and oxygen atoms in total. The van der Waals surface area contributed by atoms with Crippen molar-refractivity contribution in [2.75, 3.05) is 0 Å². The summed E-state index contributed by atoms with van der Waals surface area (Å²) in [5, 5.41) is 11.2. The summed E-state index contributed by atoms with van der Waals surface area (Å²) in [6, 6.07) is 14.7. The minimum Gasteiger partial charge on any atom is -0.550 e. The Bertz CT molecular complexity index is 737. The van der Waals surface area contributed by atoms with Gasteiger partial charge in [0.25, 0.3) is 5.91 Å². The maximum absolute atomic E-state index is 12.6. The fraction of sp³-hybridized carbons (Fsp3) is 0.263. The first kappa shape index (κ1) is 15.3. The van der Waals surface area contributed by atoms with Gasteiger partial charge in [0.15, 0.2) is 0 Å². The molecule has 1 amide bonds. The molecule has 0 fully saturated rings. The van der Waals surface area contributed by atoms with E-state index in [2.05, 4.69) is 6.92 Å². The smallest absolute Gasteiger partial charge is 0.255 e. The van der Waals surface area contributed by atoms with E-state index in [-0.39, 0.29) is 12.3 Å². The second-order valence-electron chi connectivity index (χ2n) is 5.78. The van der Waals surface area contributed by atoms with Crippen molar-refractivity contribution in [1.82, 2.24) is 4.90 Å². The first-order valence-corrected chi connectivity index (χ1v) is 7.77. The summed E-state index contributed by atoms with van der Waals surface area (Å²) in [7, 11) is 0. The Kier molecular flexibility index (Phi) is 4.15. The standard InChI is InChI=1S/C19H19NO3/c1-2-13-7-9-14(10-8-13)17(11-18(21)22)20-12-15-5-3-4-6-16(15)19(20)23/h3-10,17H,2,11-12H2,1H3,(H,21,22)/p-1/t17-/m0/s1. The van der Waals surface area contributed by atoms with Crippen LogP contribution in [0.1, 0.15) is 46.4 Å². The summed E-state index contributed by atoms with van der Waals surface area (Å²) in [6.45, 7) is 2.50. The molecule has 1 aliphatic heterocycles. The van der Waals surface area contributed by atoms with Crippen LogP contribution >= 0.6 is 0 Å². The van der Waals surface area contributed by atoms with E-state index in [1.54, 1.807) is 11.0 Å². The molecule has 2 aromatic rings. The number of hydrogen-bond acceptors (Lipinski definition) is 3. The molecule has 1 aliphatic rings. The Hall–Kier alpha value is -2.62. The van der Waals surface area contributed by atoms with Crippen molar-refractivity contribution >= 4 is 11.9 Å². The van der Waals surface area contributed by atoms with E-state index in [1.807, 2.05) is 42.5 Å². The Morgan fingerprint density at radius 1 is 1.17 bits per heavy atom. The van der Waals surface area contributed by atoms with Crippen molar-refractivity contribution < 1.29 is 14.7 Å². The molecule has 0 aliphatic carbocycles. The molecule has 0 saturated carbocycles. The highest BCUT2D eigenvalue weighted by molar-refractivity contribution is 5.98. The Morgan fingerprint density at radius 2 is 1.87 bits per heavy atom. The third-order valence-corrected chi connectivity index (χ3v) is 4.36. The summed E-state index contributed by atoms with van der Waals surface area (Å²) in [6.07, 6.45) is 0.713. The lowest BCUT2D eigenvalue weighted by Gasteiger charge is -2.29. The second kappa shape index (κ2) is 6.24. The highest BCUT2D eigenvalue weighted by Crippen LogP contribution is 2.33. The van der Waals surface area contributed by atoms with Gasteiger partial charge in [-0.3, -0.25) is 4.79 Å². The molecule has 4 heteroatoms. The monoisotopic (exact) mass is 308 g/mol. The summed E-state index contributed by atoms with van der Waals surface area (Å²) < 4.78 is 0. The van der Waals surface area contributed by atoms with Crippen molar-refractivity contribution in [3.05, 3.63) is 70.8 Å². The number of amides is 1. The second-order valence-corrected chi connectivity index (χ2v) is 5.78. The summed E-state index contributed by atoms with van der Waals surface area (Å²) in [4.78, 5) is 25.4. The van der Waals surface area contributed by atoms with Crippen LogP contribution in [0.15, 0.2) is 48.5 Å². The predicted octanol–water partition coefficient (Wildman–Crippen LogP) is 2.09. The number of carbonyl (C=O) groups is 2. The van der Waals surface area contributed by atoms with Crippen LogP contribution in [0.4, 0.5) is 0 Å². The quantitative estimate of drug-likeness (QED) is 0.849. The average molecular weight is 308 g/mol. The number of rotatable bonds is 5. The van der Waals surface area contributed by atoms with E-state index in [1.165, 1.54) is 5.56 Å². The number of hydrogen-bond donors (Lipinski definition) is 0. The first-order valence-electron chi connectivity index (χ1n) is 7.77. The third-order valence-electron chi connectivity index (χ3n) is 4.36. The molecule has 23 heavy (non-hydrogen) atoms. The van der Waals surface area contributed by atoms with Crippen LogP contribution in [0.3, 0.4) is 0 Å². The van der Waals surface area contributed by atoms with E-state index in [0.717, 1.165) is 17.5 Å². The number of carboxylic acids is 1. The third kappa shape index (κ3) is 2.97. The number of aryl methyl sites for hydroxylation is 1. The first-order chi connectivity index (χ1) is 11.1. The summed E-state index contributed by atoms with van der Waals surface area (Å²) >= 11 is 0. The molecule has 1 heterocycles. The van der Waals surface area contributed by atoms with E-state index >= 15 is 0 Å². The van der Waals surface area contributed by atoms with Crippen LogP contribution in [0.25, 0.3) is 0 Å². The lowest BCUT2D eigenvalue weighted by molar-refractivity contribution is -0.306. The highest BCUT2D eigenvalue weighted by Gasteiger charge is 2.33. The van der Waals surface area contributed by atoms with Crippen LogP contribution in [0.5, 0.6) is 0 Å².